The van der Waals surface area contributed by atoms with Crippen molar-refractivity contribution in [1.82, 2.24) is 0 Å². The predicted octanol–water partition coefficient (Wildman–Crippen LogP) is 13.2. The van der Waals surface area contributed by atoms with Crippen molar-refractivity contribution in [3.63, 3.8) is 0 Å². The lowest BCUT2D eigenvalue weighted by atomic mass is 9.81. The summed E-state index contributed by atoms with van der Waals surface area (Å²) in [6.07, 6.45) is 0. The minimum atomic E-state index is -0.119. The van der Waals surface area contributed by atoms with Gasteiger partial charge < -0.3 is 9.32 Å². The maximum absolute atomic E-state index is 6.76. The summed E-state index contributed by atoms with van der Waals surface area (Å²) in [4.78, 5) is 2.33. The summed E-state index contributed by atoms with van der Waals surface area (Å²) in [5.41, 5.74) is 15.0. The molecule has 234 valence electrons. The Morgan fingerprint density at radius 2 is 0.857 bits per heavy atom. The first-order valence-corrected chi connectivity index (χ1v) is 16.9. The number of benzene rings is 7. The van der Waals surface area contributed by atoms with Gasteiger partial charge in [0, 0.05) is 44.6 Å². The van der Waals surface area contributed by atoms with Crippen LogP contribution in [0.4, 0.5) is 17.1 Å². The molecule has 0 amide bonds. The Kier molecular flexibility index (Phi) is 6.84. The van der Waals surface area contributed by atoms with Gasteiger partial charge in [-0.2, -0.15) is 0 Å². The van der Waals surface area contributed by atoms with E-state index in [4.69, 9.17) is 4.42 Å². The minimum absolute atomic E-state index is 0.119. The van der Waals surface area contributed by atoms with Gasteiger partial charge in [-0.3, -0.25) is 0 Å². The number of hydrogen-bond acceptors (Lipinski definition) is 2. The molecule has 0 saturated heterocycles. The highest BCUT2D eigenvalue weighted by molar-refractivity contribution is 6.01. The molecule has 2 nitrogen and oxygen atoms in total. The second-order valence-corrected chi connectivity index (χ2v) is 13.4. The molecule has 1 aliphatic carbocycles. The fraction of sp³-hybridized carbons (Fsp3) is 0.0638. The molecule has 0 spiro atoms. The van der Waals surface area contributed by atoms with Crippen LogP contribution in [0.3, 0.4) is 0 Å². The van der Waals surface area contributed by atoms with E-state index in [1.54, 1.807) is 0 Å². The number of anilines is 3. The number of para-hydroxylation sites is 1. The monoisotopic (exact) mass is 629 g/mol. The highest BCUT2D eigenvalue weighted by Crippen LogP contribution is 2.54. The molecule has 1 aliphatic rings. The number of hydrogen-bond donors (Lipinski definition) is 0. The van der Waals surface area contributed by atoms with E-state index in [9.17, 15) is 0 Å². The van der Waals surface area contributed by atoms with E-state index in [0.29, 0.717) is 0 Å². The first-order valence-electron chi connectivity index (χ1n) is 16.9. The molecule has 1 heterocycles. The van der Waals surface area contributed by atoms with Gasteiger partial charge >= 0.3 is 0 Å². The topological polar surface area (TPSA) is 16.4 Å². The molecule has 8 aromatic rings. The molecule has 1 aromatic heterocycles. The van der Waals surface area contributed by atoms with Crippen LogP contribution >= 0.6 is 0 Å². The van der Waals surface area contributed by atoms with Crippen LogP contribution in [0.15, 0.2) is 180 Å². The maximum atomic E-state index is 6.76. The molecule has 2 heteroatoms. The van der Waals surface area contributed by atoms with Crippen LogP contribution in [-0.2, 0) is 5.41 Å². The maximum Gasteiger partial charge on any atom is 0.142 e. The molecule has 49 heavy (non-hydrogen) atoms. The van der Waals surface area contributed by atoms with E-state index >= 15 is 0 Å². The summed E-state index contributed by atoms with van der Waals surface area (Å²) in [7, 11) is 0. The Labute approximate surface area is 287 Å². The van der Waals surface area contributed by atoms with Crippen molar-refractivity contribution in [2.45, 2.75) is 19.3 Å². The Bertz CT molecular complexity index is 2340. The lowest BCUT2D eigenvalue weighted by Gasteiger charge is -2.26. The van der Waals surface area contributed by atoms with Crippen molar-refractivity contribution in [1.29, 1.82) is 0 Å². The molecule has 0 fully saturated rings. The third-order valence-electron chi connectivity index (χ3n) is 10.1. The zero-order valence-electron chi connectivity index (χ0n) is 27.6. The van der Waals surface area contributed by atoms with E-state index in [-0.39, 0.29) is 5.41 Å². The highest BCUT2D eigenvalue weighted by Gasteiger charge is 2.40. The van der Waals surface area contributed by atoms with Crippen LogP contribution in [-0.4, -0.2) is 0 Å². The molecule has 0 bridgehead atoms. The van der Waals surface area contributed by atoms with Crippen molar-refractivity contribution in [3.05, 3.63) is 187 Å². The molecule has 7 aromatic carbocycles. The second-order valence-electron chi connectivity index (χ2n) is 13.4. The van der Waals surface area contributed by atoms with Crippen LogP contribution in [0.1, 0.15) is 25.0 Å². The summed E-state index contributed by atoms with van der Waals surface area (Å²) >= 11 is 0. The van der Waals surface area contributed by atoms with E-state index < -0.39 is 0 Å². The Morgan fingerprint density at radius 3 is 1.41 bits per heavy atom. The molecule has 0 aliphatic heterocycles. The van der Waals surface area contributed by atoms with Gasteiger partial charge in [0.1, 0.15) is 11.3 Å². The van der Waals surface area contributed by atoms with Crippen LogP contribution in [0.25, 0.3) is 55.7 Å². The molecule has 9 rings (SSSR count). The van der Waals surface area contributed by atoms with Gasteiger partial charge in [-0.25, -0.2) is 0 Å². The fourth-order valence-electron chi connectivity index (χ4n) is 7.62. The third kappa shape index (κ3) is 4.88. The van der Waals surface area contributed by atoms with E-state index in [0.717, 1.165) is 39.5 Å². The SMILES string of the molecule is CC1(C)c2ccccc2-c2oc3c(-c4ccc(N(c5ccc(-c6ccccc6)cc5)c5ccc(-c6ccccc6)cc5)cc4)cccc3c21. The van der Waals surface area contributed by atoms with Crippen molar-refractivity contribution >= 4 is 28.0 Å². The minimum Gasteiger partial charge on any atom is -0.455 e. The van der Waals surface area contributed by atoms with Gasteiger partial charge in [-0.15, -0.1) is 0 Å². The number of furan rings is 1. The lowest BCUT2D eigenvalue weighted by molar-refractivity contribution is 0.620. The smallest absolute Gasteiger partial charge is 0.142 e. The molecular weight excluding hydrogens is 595 g/mol. The van der Waals surface area contributed by atoms with Gasteiger partial charge in [-0.1, -0.05) is 153 Å². The lowest BCUT2D eigenvalue weighted by Crippen LogP contribution is -2.14. The molecule has 0 unspecified atom stereocenters. The highest BCUT2D eigenvalue weighted by atomic mass is 16.3. The summed E-state index contributed by atoms with van der Waals surface area (Å²) in [5, 5.41) is 1.19. The Hall–Kier alpha value is -6.12. The van der Waals surface area contributed by atoms with Crippen LogP contribution in [0, 0.1) is 0 Å². The van der Waals surface area contributed by atoms with Gasteiger partial charge in [0.15, 0.2) is 0 Å². The quantitative estimate of drug-likeness (QED) is 0.182. The number of nitrogens with zero attached hydrogens (tertiary/aromatic N) is 1. The summed E-state index contributed by atoms with van der Waals surface area (Å²) in [5.74, 6) is 1.00. The number of fused-ring (bicyclic) bond motifs is 5. The van der Waals surface area contributed by atoms with Crippen molar-refractivity contribution in [2.24, 2.45) is 0 Å². The normalized spacial score (nSPS) is 12.9. The fourth-order valence-corrected chi connectivity index (χ4v) is 7.62. The van der Waals surface area contributed by atoms with Crippen molar-refractivity contribution < 1.29 is 4.42 Å². The Morgan fingerprint density at radius 1 is 0.408 bits per heavy atom. The second kappa shape index (κ2) is 11.5. The van der Waals surface area contributed by atoms with Crippen molar-refractivity contribution in [3.8, 4) is 44.7 Å². The predicted molar refractivity (Wildman–Crippen MR) is 205 cm³/mol. The van der Waals surface area contributed by atoms with Crippen molar-refractivity contribution in [2.75, 3.05) is 4.90 Å². The molecule has 0 saturated carbocycles. The largest absolute Gasteiger partial charge is 0.455 e. The van der Waals surface area contributed by atoms with Gasteiger partial charge in [0.25, 0.3) is 0 Å². The van der Waals surface area contributed by atoms with Crippen LogP contribution < -0.4 is 4.90 Å². The van der Waals surface area contributed by atoms with Gasteiger partial charge in [0.2, 0.25) is 0 Å². The molecule has 0 radical (unpaired) electrons. The van der Waals surface area contributed by atoms with Gasteiger partial charge in [0.05, 0.1) is 0 Å². The first-order chi connectivity index (χ1) is 24.1. The zero-order valence-corrected chi connectivity index (χ0v) is 27.6. The average Bonchev–Trinajstić information content (AvgIpc) is 3.67. The average molecular weight is 630 g/mol. The summed E-state index contributed by atoms with van der Waals surface area (Å²) in [6.45, 7) is 4.61. The molecule has 0 atom stereocenters. The Balaban J connectivity index is 1.11. The van der Waals surface area contributed by atoms with Crippen LogP contribution in [0.2, 0.25) is 0 Å². The van der Waals surface area contributed by atoms with E-state index in [1.165, 1.54) is 44.3 Å². The van der Waals surface area contributed by atoms with Crippen LogP contribution in [0.5, 0.6) is 0 Å². The molecule has 0 N–H and O–H groups in total. The van der Waals surface area contributed by atoms with Gasteiger partial charge in [-0.05, 0) is 69.8 Å². The third-order valence-corrected chi connectivity index (χ3v) is 10.1. The van der Waals surface area contributed by atoms with E-state index in [2.05, 4.69) is 195 Å². The zero-order chi connectivity index (χ0) is 33.0. The summed E-state index contributed by atoms with van der Waals surface area (Å²) < 4.78 is 6.76. The molecular formula is C47H35NO. The standard InChI is InChI=1S/C47H35NO/c1-47(2)43-19-10-9-16-41(43)46-44(47)42-18-11-17-40(45(42)49-46)36-24-30-39(31-25-36)48(37-26-20-34(21-27-37)32-12-5-3-6-13-32)38-28-22-35(23-29-38)33-14-7-4-8-15-33/h3-31H,1-2H3. The van der Waals surface area contributed by atoms with E-state index in [1.807, 2.05) is 0 Å². The number of rotatable bonds is 6. The first kappa shape index (κ1) is 29.1. The summed E-state index contributed by atoms with van der Waals surface area (Å²) in [6, 6.07) is 62.9.